The smallest absolute Gasteiger partial charge is 0.328 e. The van der Waals surface area contributed by atoms with Gasteiger partial charge in [0.1, 0.15) is 0 Å². The third-order valence-electron chi connectivity index (χ3n) is 5.50. The van der Waals surface area contributed by atoms with Gasteiger partial charge in [0.05, 0.1) is 18.4 Å². The van der Waals surface area contributed by atoms with E-state index in [-0.39, 0.29) is 30.4 Å². The molecule has 0 aliphatic carbocycles. The molecule has 3 heterocycles. The van der Waals surface area contributed by atoms with Crippen LogP contribution in [0.1, 0.15) is 24.8 Å². The summed E-state index contributed by atoms with van der Waals surface area (Å²) in [5, 5.41) is 9.12. The van der Waals surface area contributed by atoms with E-state index in [0.717, 1.165) is 17.4 Å². The summed E-state index contributed by atoms with van der Waals surface area (Å²) in [6.07, 6.45) is 3.37. The zero-order chi connectivity index (χ0) is 18.9. The monoisotopic (exact) mass is 364 g/mol. The molecule has 9 nitrogen and oxygen atoms in total. The van der Waals surface area contributed by atoms with Crippen LogP contribution in [-0.4, -0.2) is 69.1 Å². The first-order chi connectivity index (χ1) is 12.4. The molecule has 2 fully saturated rings. The number of nitrogens with one attached hydrogen (secondary N) is 1. The maximum absolute atomic E-state index is 12.8. The number of nitrogens with zero attached hydrogens (tertiary/aromatic N) is 3. The van der Waals surface area contributed by atoms with Crippen molar-refractivity contribution in [3.8, 4) is 0 Å². The molecule has 1 atom stereocenters. The molecule has 1 spiro atoms. The fraction of sp³-hybridized carbons (Fsp3) is 0.647. The highest BCUT2D eigenvalue weighted by molar-refractivity contribution is 5.86. The number of hydrogen-bond acceptors (Lipinski definition) is 5. The third kappa shape index (κ3) is 3.18. The van der Waals surface area contributed by atoms with E-state index >= 15 is 0 Å². The Morgan fingerprint density at radius 3 is 2.77 bits per heavy atom. The Morgan fingerprint density at radius 2 is 2.04 bits per heavy atom. The zero-order valence-corrected chi connectivity index (χ0v) is 14.9. The first-order valence-corrected chi connectivity index (χ1v) is 8.83. The number of rotatable bonds is 4. The number of piperidine rings is 1. The number of hydrogen-bond donors (Lipinski definition) is 2. The van der Waals surface area contributed by atoms with Crippen LogP contribution in [0.5, 0.6) is 0 Å². The largest absolute Gasteiger partial charge is 0.395 e. The lowest BCUT2D eigenvalue weighted by molar-refractivity contribution is -0.146. The van der Waals surface area contributed by atoms with Crippen molar-refractivity contribution in [1.29, 1.82) is 0 Å². The van der Waals surface area contributed by atoms with Crippen molar-refractivity contribution in [1.82, 2.24) is 19.4 Å². The second-order valence-corrected chi connectivity index (χ2v) is 7.12. The van der Waals surface area contributed by atoms with Gasteiger partial charge in [-0.3, -0.25) is 19.0 Å². The van der Waals surface area contributed by atoms with Crippen LogP contribution in [0.3, 0.4) is 0 Å². The summed E-state index contributed by atoms with van der Waals surface area (Å²) in [6, 6.07) is 0. The predicted molar refractivity (Wildman–Crippen MR) is 92.5 cm³/mol. The van der Waals surface area contributed by atoms with E-state index in [1.54, 1.807) is 9.80 Å². The van der Waals surface area contributed by atoms with Gasteiger partial charge < -0.3 is 19.9 Å². The fourth-order valence-corrected chi connectivity index (χ4v) is 3.97. The lowest BCUT2D eigenvalue weighted by atomic mass is 9.78. The molecule has 26 heavy (non-hydrogen) atoms. The van der Waals surface area contributed by atoms with Crippen LogP contribution in [0.25, 0.3) is 0 Å². The lowest BCUT2D eigenvalue weighted by Crippen LogP contribution is -2.51. The highest BCUT2D eigenvalue weighted by Gasteiger charge is 2.49. The number of aromatic amines is 1. The van der Waals surface area contributed by atoms with Crippen molar-refractivity contribution in [2.45, 2.75) is 25.7 Å². The number of β-amino-alcohol motifs (C(OH)–C–C–N with tert-alkyl or cyclic N) is 1. The van der Waals surface area contributed by atoms with Gasteiger partial charge in [0.2, 0.25) is 11.8 Å². The summed E-state index contributed by atoms with van der Waals surface area (Å²) in [6.45, 7) is 1.71. The summed E-state index contributed by atoms with van der Waals surface area (Å²) in [5.41, 5.74) is -1.35. The Bertz CT molecular complexity index is 827. The second-order valence-electron chi connectivity index (χ2n) is 7.12. The van der Waals surface area contributed by atoms with Gasteiger partial charge in [-0.25, -0.2) is 4.79 Å². The van der Waals surface area contributed by atoms with Gasteiger partial charge in [-0.15, -0.1) is 0 Å². The number of aliphatic hydroxyl groups excluding tert-OH is 1. The van der Waals surface area contributed by atoms with Crippen molar-refractivity contribution in [3.05, 3.63) is 32.6 Å². The first kappa shape index (κ1) is 18.4. The molecule has 1 aromatic heterocycles. The molecule has 9 heteroatoms. The van der Waals surface area contributed by atoms with E-state index < -0.39 is 16.7 Å². The normalized spacial score (nSPS) is 23.1. The average molecular weight is 364 g/mol. The van der Waals surface area contributed by atoms with Crippen molar-refractivity contribution < 1.29 is 14.7 Å². The Kier molecular flexibility index (Phi) is 4.99. The van der Waals surface area contributed by atoms with Crippen molar-refractivity contribution in [2.24, 2.45) is 12.5 Å². The van der Waals surface area contributed by atoms with Gasteiger partial charge in [-0.05, 0) is 19.3 Å². The summed E-state index contributed by atoms with van der Waals surface area (Å²) >= 11 is 0. The van der Waals surface area contributed by atoms with Crippen LogP contribution < -0.4 is 11.2 Å². The minimum Gasteiger partial charge on any atom is -0.395 e. The number of likely N-dealkylation sites (tertiary alicyclic amines) is 2. The van der Waals surface area contributed by atoms with Crippen LogP contribution >= 0.6 is 0 Å². The molecule has 142 valence electrons. The number of aromatic nitrogens is 2. The predicted octanol–water partition coefficient (Wildman–Crippen LogP) is -1.55. The standard InChI is InChI=1S/C17H24N4O5/c1-19-14(24)12(10-18-16(19)26)9-13(23)21-6-4-17(11-21)3-2-5-20(7-8-22)15(17)25/h10,22H,2-9,11H2,1H3,(H,18,26). The number of aliphatic hydroxyl groups is 1. The van der Waals surface area contributed by atoms with E-state index in [1.165, 1.54) is 13.2 Å². The van der Waals surface area contributed by atoms with Crippen molar-refractivity contribution in [2.75, 3.05) is 32.8 Å². The van der Waals surface area contributed by atoms with Gasteiger partial charge in [0.15, 0.2) is 0 Å². The van der Waals surface area contributed by atoms with Crippen molar-refractivity contribution >= 4 is 11.8 Å². The summed E-state index contributed by atoms with van der Waals surface area (Å²) in [7, 11) is 1.36. The molecular formula is C17H24N4O5. The average Bonchev–Trinajstić information content (AvgIpc) is 3.05. The number of H-pyrrole nitrogens is 1. The Balaban J connectivity index is 1.71. The fourth-order valence-electron chi connectivity index (χ4n) is 3.97. The first-order valence-electron chi connectivity index (χ1n) is 8.83. The molecule has 2 amide bonds. The molecule has 0 bridgehead atoms. The van der Waals surface area contributed by atoms with Crippen LogP contribution in [-0.2, 0) is 23.1 Å². The van der Waals surface area contributed by atoms with Gasteiger partial charge in [0, 0.05) is 45.0 Å². The third-order valence-corrected chi connectivity index (χ3v) is 5.50. The molecule has 2 aliphatic heterocycles. The molecule has 0 radical (unpaired) electrons. The van der Waals surface area contributed by atoms with Gasteiger partial charge in [0.25, 0.3) is 5.56 Å². The molecule has 0 saturated carbocycles. The molecule has 3 rings (SSSR count). The van der Waals surface area contributed by atoms with E-state index in [4.69, 9.17) is 5.11 Å². The minimum atomic E-state index is -0.570. The van der Waals surface area contributed by atoms with Gasteiger partial charge >= 0.3 is 5.69 Å². The minimum absolute atomic E-state index is 0.00746. The van der Waals surface area contributed by atoms with Gasteiger partial charge in [-0.2, -0.15) is 0 Å². The molecule has 2 aliphatic rings. The summed E-state index contributed by atoms with van der Waals surface area (Å²) in [4.78, 5) is 54.7. The van der Waals surface area contributed by atoms with Gasteiger partial charge in [-0.1, -0.05) is 0 Å². The zero-order valence-electron chi connectivity index (χ0n) is 14.9. The highest BCUT2D eigenvalue weighted by atomic mass is 16.3. The van der Waals surface area contributed by atoms with Crippen LogP contribution in [0, 0.1) is 5.41 Å². The number of carbonyl (C=O) groups is 2. The van der Waals surface area contributed by atoms with E-state index in [0.29, 0.717) is 32.6 Å². The molecule has 2 N–H and O–H groups in total. The highest BCUT2D eigenvalue weighted by Crippen LogP contribution is 2.40. The molecule has 0 aromatic carbocycles. The quantitative estimate of drug-likeness (QED) is 0.671. The molecule has 1 aromatic rings. The van der Waals surface area contributed by atoms with Crippen molar-refractivity contribution in [3.63, 3.8) is 0 Å². The topological polar surface area (TPSA) is 116 Å². The number of amides is 2. The Labute approximate surface area is 150 Å². The molecular weight excluding hydrogens is 340 g/mol. The SMILES string of the molecule is Cn1c(=O)[nH]cc(CC(=O)N2CCC3(CCCN(CCO)C3=O)C2)c1=O. The summed E-state index contributed by atoms with van der Waals surface area (Å²) < 4.78 is 0.936. The summed E-state index contributed by atoms with van der Waals surface area (Å²) in [5.74, 6) is -0.217. The Hall–Kier alpha value is -2.42. The lowest BCUT2D eigenvalue weighted by Gasteiger charge is -2.39. The van der Waals surface area contributed by atoms with Crippen LogP contribution in [0.4, 0.5) is 0 Å². The molecule has 1 unspecified atom stereocenters. The maximum Gasteiger partial charge on any atom is 0.328 e. The van der Waals surface area contributed by atoms with E-state index in [2.05, 4.69) is 4.98 Å². The van der Waals surface area contributed by atoms with Crippen LogP contribution in [0.2, 0.25) is 0 Å². The second kappa shape index (κ2) is 7.06. The Morgan fingerprint density at radius 1 is 1.27 bits per heavy atom. The van der Waals surface area contributed by atoms with E-state index in [9.17, 15) is 19.2 Å². The van der Waals surface area contributed by atoms with Crippen LogP contribution in [0.15, 0.2) is 15.8 Å². The molecule has 2 saturated heterocycles. The number of carbonyl (C=O) groups excluding carboxylic acids is 2. The van der Waals surface area contributed by atoms with E-state index in [1.807, 2.05) is 0 Å². The maximum atomic E-state index is 12.8.